The lowest BCUT2D eigenvalue weighted by Gasteiger charge is -2.39. The Balaban J connectivity index is 2.06. The largest absolute Gasteiger partial charge is 0.459 e. The van der Waals surface area contributed by atoms with Crippen molar-refractivity contribution in [3.8, 4) is 0 Å². The molecule has 1 saturated carbocycles. The Kier molecular flexibility index (Phi) is 3.92. The van der Waals surface area contributed by atoms with Crippen molar-refractivity contribution in [1.82, 2.24) is 5.32 Å². The van der Waals surface area contributed by atoms with E-state index in [1.807, 2.05) is 0 Å². The molecule has 0 bridgehead atoms. The standard InChI is InChI=1S/C13H18BrNO2/c1-10-4-2-6-13(8-10,9-14)15-12(16)11-5-3-7-17-11/h3,5,7,10H,2,4,6,8-9H2,1H3,(H,15,16). The van der Waals surface area contributed by atoms with Crippen LogP contribution in [-0.4, -0.2) is 16.8 Å². The molecule has 0 aliphatic heterocycles. The molecule has 2 unspecified atom stereocenters. The molecule has 3 nitrogen and oxygen atoms in total. The summed E-state index contributed by atoms with van der Waals surface area (Å²) in [7, 11) is 0. The molecule has 0 radical (unpaired) electrons. The number of hydrogen-bond donors (Lipinski definition) is 1. The van der Waals surface area contributed by atoms with E-state index in [0.717, 1.165) is 18.2 Å². The van der Waals surface area contributed by atoms with E-state index >= 15 is 0 Å². The number of hydrogen-bond acceptors (Lipinski definition) is 2. The molecule has 0 aromatic carbocycles. The van der Waals surface area contributed by atoms with Gasteiger partial charge < -0.3 is 9.73 Å². The molecule has 1 aromatic heterocycles. The fourth-order valence-electron chi connectivity index (χ4n) is 2.64. The zero-order valence-electron chi connectivity index (χ0n) is 10.0. The van der Waals surface area contributed by atoms with Crippen LogP contribution >= 0.6 is 15.9 Å². The first kappa shape index (κ1) is 12.7. The highest BCUT2D eigenvalue weighted by molar-refractivity contribution is 9.09. The summed E-state index contributed by atoms with van der Waals surface area (Å²) in [4.78, 5) is 12.0. The molecule has 1 heterocycles. The normalized spacial score (nSPS) is 28.9. The summed E-state index contributed by atoms with van der Waals surface area (Å²) in [6.07, 6.45) is 6.02. The lowest BCUT2D eigenvalue weighted by Crippen LogP contribution is -2.52. The van der Waals surface area contributed by atoms with Crippen LogP contribution in [0.15, 0.2) is 22.8 Å². The molecule has 4 heteroatoms. The smallest absolute Gasteiger partial charge is 0.287 e. The summed E-state index contributed by atoms with van der Waals surface area (Å²) < 4.78 is 5.13. The molecule has 0 saturated heterocycles. The second kappa shape index (κ2) is 5.25. The number of carbonyl (C=O) groups excluding carboxylic acids is 1. The number of nitrogens with one attached hydrogen (secondary N) is 1. The van der Waals surface area contributed by atoms with Crippen LogP contribution in [0.3, 0.4) is 0 Å². The maximum atomic E-state index is 12.0. The van der Waals surface area contributed by atoms with E-state index in [0.29, 0.717) is 11.7 Å². The lowest BCUT2D eigenvalue weighted by molar-refractivity contribution is 0.0841. The van der Waals surface area contributed by atoms with Crippen molar-refractivity contribution in [3.63, 3.8) is 0 Å². The lowest BCUT2D eigenvalue weighted by atomic mass is 9.77. The van der Waals surface area contributed by atoms with Crippen LogP contribution in [-0.2, 0) is 0 Å². The predicted octanol–water partition coefficient (Wildman–Crippen LogP) is 3.35. The molecule has 1 aliphatic carbocycles. The Morgan fingerprint density at radius 3 is 3.12 bits per heavy atom. The van der Waals surface area contributed by atoms with Crippen molar-refractivity contribution in [2.24, 2.45) is 5.92 Å². The van der Waals surface area contributed by atoms with E-state index in [4.69, 9.17) is 4.42 Å². The van der Waals surface area contributed by atoms with Gasteiger partial charge in [0.2, 0.25) is 0 Å². The second-order valence-corrected chi connectivity index (χ2v) is 5.61. The van der Waals surface area contributed by atoms with Gasteiger partial charge in [0.05, 0.1) is 11.8 Å². The van der Waals surface area contributed by atoms with Crippen LogP contribution in [0.5, 0.6) is 0 Å². The van der Waals surface area contributed by atoms with Crippen molar-refractivity contribution >= 4 is 21.8 Å². The monoisotopic (exact) mass is 299 g/mol. The third-order valence-corrected chi connectivity index (χ3v) is 4.54. The number of rotatable bonds is 3. The average Bonchev–Trinajstić information content (AvgIpc) is 2.82. The van der Waals surface area contributed by atoms with Crippen molar-refractivity contribution < 1.29 is 9.21 Å². The summed E-state index contributed by atoms with van der Waals surface area (Å²) in [5.41, 5.74) is -0.110. The molecule has 17 heavy (non-hydrogen) atoms. The van der Waals surface area contributed by atoms with Crippen molar-refractivity contribution in [1.29, 1.82) is 0 Å². The zero-order chi connectivity index (χ0) is 12.3. The highest BCUT2D eigenvalue weighted by Gasteiger charge is 2.35. The fourth-order valence-corrected chi connectivity index (χ4v) is 3.29. The molecule has 1 N–H and O–H groups in total. The van der Waals surface area contributed by atoms with Crippen LogP contribution in [0.1, 0.15) is 43.2 Å². The van der Waals surface area contributed by atoms with Crippen LogP contribution in [0.4, 0.5) is 0 Å². The minimum atomic E-state index is -0.110. The van der Waals surface area contributed by atoms with Crippen LogP contribution < -0.4 is 5.32 Å². The maximum Gasteiger partial charge on any atom is 0.287 e. The Morgan fingerprint density at radius 1 is 1.71 bits per heavy atom. The predicted molar refractivity (Wildman–Crippen MR) is 70.3 cm³/mol. The average molecular weight is 300 g/mol. The van der Waals surface area contributed by atoms with Gasteiger partial charge in [-0.1, -0.05) is 35.7 Å². The van der Waals surface area contributed by atoms with E-state index in [1.54, 1.807) is 12.1 Å². The third kappa shape index (κ3) is 2.92. The van der Waals surface area contributed by atoms with Gasteiger partial charge in [0.15, 0.2) is 5.76 Å². The van der Waals surface area contributed by atoms with Crippen LogP contribution in [0.2, 0.25) is 0 Å². The topological polar surface area (TPSA) is 42.2 Å². The molecular formula is C13H18BrNO2. The van der Waals surface area contributed by atoms with Crippen molar-refractivity contribution in [2.45, 2.75) is 38.1 Å². The van der Waals surface area contributed by atoms with E-state index in [9.17, 15) is 4.79 Å². The number of furan rings is 1. The molecule has 1 aromatic rings. The van der Waals surface area contributed by atoms with Gasteiger partial charge >= 0.3 is 0 Å². The van der Waals surface area contributed by atoms with Crippen LogP contribution in [0.25, 0.3) is 0 Å². The highest BCUT2D eigenvalue weighted by atomic mass is 79.9. The summed E-state index contributed by atoms with van der Waals surface area (Å²) in [6.45, 7) is 2.25. The number of amides is 1. The minimum Gasteiger partial charge on any atom is -0.459 e. The van der Waals surface area contributed by atoms with E-state index in [-0.39, 0.29) is 11.4 Å². The van der Waals surface area contributed by atoms with Gasteiger partial charge in [-0.3, -0.25) is 4.79 Å². The van der Waals surface area contributed by atoms with E-state index in [1.165, 1.54) is 19.1 Å². The first-order chi connectivity index (χ1) is 8.15. The zero-order valence-corrected chi connectivity index (χ0v) is 11.6. The number of alkyl halides is 1. The summed E-state index contributed by atoms with van der Waals surface area (Å²) in [6, 6.07) is 3.43. The molecule has 2 atom stereocenters. The van der Waals surface area contributed by atoms with Gasteiger partial charge in [0, 0.05) is 5.33 Å². The molecule has 94 valence electrons. The molecule has 1 fully saturated rings. The number of halogens is 1. The summed E-state index contributed by atoms with van der Waals surface area (Å²) in [5, 5.41) is 3.94. The quantitative estimate of drug-likeness (QED) is 0.870. The van der Waals surface area contributed by atoms with Gasteiger partial charge in [0.25, 0.3) is 5.91 Å². The Morgan fingerprint density at radius 2 is 2.53 bits per heavy atom. The van der Waals surface area contributed by atoms with Gasteiger partial charge in [-0.2, -0.15) is 0 Å². The van der Waals surface area contributed by atoms with Gasteiger partial charge in [0.1, 0.15) is 0 Å². The number of carbonyl (C=O) groups is 1. The van der Waals surface area contributed by atoms with Gasteiger partial charge in [-0.25, -0.2) is 0 Å². The fraction of sp³-hybridized carbons (Fsp3) is 0.615. The molecule has 2 rings (SSSR count). The molecule has 1 aliphatic rings. The van der Waals surface area contributed by atoms with Gasteiger partial charge in [-0.05, 0) is 30.9 Å². The van der Waals surface area contributed by atoms with Gasteiger partial charge in [-0.15, -0.1) is 0 Å². The Hall–Kier alpha value is -0.770. The summed E-state index contributed by atoms with van der Waals surface area (Å²) >= 11 is 3.54. The third-order valence-electron chi connectivity index (χ3n) is 3.47. The first-order valence-electron chi connectivity index (χ1n) is 6.07. The van der Waals surface area contributed by atoms with Crippen LogP contribution in [0, 0.1) is 5.92 Å². The molecular weight excluding hydrogens is 282 g/mol. The summed E-state index contributed by atoms with van der Waals surface area (Å²) in [5.74, 6) is 0.949. The van der Waals surface area contributed by atoms with E-state index < -0.39 is 0 Å². The van der Waals surface area contributed by atoms with Crippen molar-refractivity contribution in [3.05, 3.63) is 24.2 Å². The van der Waals surface area contributed by atoms with Crippen molar-refractivity contribution in [2.75, 3.05) is 5.33 Å². The Bertz CT molecular complexity index is 377. The highest BCUT2D eigenvalue weighted by Crippen LogP contribution is 2.33. The first-order valence-corrected chi connectivity index (χ1v) is 7.19. The second-order valence-electron chi connectivity index (χ2n) is 5.05. The minimum absolute atomic E-state index is 0.108. The Labute approximate surface area is 110 Å². The maximum absolute atomic E-state index is 12.0. The molecule has 1 amide bonds. The van der Waals surface area contributed by atoms with E-state index in [2.05, 4.69) is 28.2 Å². The molecule has 0 spiro atoms. The SMILES string of the molecule is CC1CCCC(CBr)(NC(=O)c2ccco2)C1.